The van der Waals surface area contributed by atoms with Crippen molar-refractivity contribution < 1.29 is 0 Å². The van der Waals surface area contributed by atoms with Crippen molar-refractivity contribution in [1.82, 2.24) is 0 Å². The second-order valence-corrected chi connectivity index (χ2v) is 8.15. The maximum atomic E-state index is 3.84. The Hall–Kier alpha value is 0.480. The fraction of sp³-hybridized carbons (Fsp3) is 1.00. The summed E-state index contributed by atoms with van der Waals surface area (Å²) in [5, 5.41) is 1.25. The van der Waals surface area contributed by atoms with Crippen LogP contribution in [0.25, 0.3) is 0 Å². The van der Waals surface area contributed by atoms with Crippen molar-refractivity contribution in [2.24, 2.45) is 11.3 Å². The molecule has 0 spiro atoms. The molecule has 0 amide bonds. The van der Waals surface area contributed by atoms with Crippen molar-refractivity contribution in [3.8, 4) is 0 Å². The lowest BCUT2D eigenvalue weighted by Crippen LogP contribution is -2.29. The van der Waals surface area contributed by atoms with Gasteiger partial charge in [-0.2, -0.15) is 0 Å². The zero-order valence-corrected chi connectivity index (χ0v) is 16.4. The van der Waals surface area contributed by atoms with E-state index in [1.54, 1.807) is 0 Å². The molecule has 0 aromatic carbocycles. The lowest BCUT2D eigenvalue weighted by molar-refractivity contribution is 0.153. The summed E-state index contributed by atoms with van der Waals surface area (Å²) in [5.74, 6) is 1.05. The minimum Gasteiger partial charge on any atom is -0.0922 e. The minimum absolute atomic E-state index is 0.659. The van der Waals surface area contributed by atoms with Crippen LogP contribution >= 0.6 is 15.9 Å². The van der Waals surface area contributed by atoms with E-state index < -0.39 is 0 Å². The number of halogens is 1. The van der Waals surface area contributed by atoms with Gasteiger partial charge in [-0.1, -0.05) is 94.0 Å². The van der Waals surface area contributed by atoms with Gasteiger partial charge in [0.15, 0.2) is 0 Å². The van der Waals surface area contributed by atoms with Crippen LogP contribution in [0.3, 0.4) is 0 Å². The smallest absolute Gasteiger partial charge is 0.00879 e. The monoisotopic (exact) mass is 358 g/mol. The quantitative estimate of drug-likeness (QED) is 0.245. The van der Waals surface area contributed by atoms with E-state index in [0.717, 1.165) is 5.92 Å². The molecule has 0 heterocycles. The summed E-state index contributed by atoms with van der Waals surface area (Å²) in [4.78, 5) is 0. The molecule has 0 aromatic heterocycles. The first-order valence-electron chi connectivity index (χ1n) is 9.82. The summed E-state index contributed by atoms with van der Waals surface area (Å²) in [5.41, 5.74) is 0.659. The van der Waals surface area contributed by atoms with Gasteiger partial charge in [-0.25, -0.2) is 0 Å². The maximum absolute atomic E-state index is 3.84. The third-order valence-corrected chi connectivity index (χ3v) is 6.92. The zero-order valence-electron chi connectivity index (χ0n) is 14.8. The summed E-state index contributed by atoms with van der Waals surface area (Å²) >= 11 is 3.84. The second kappa shape index (κ2) is 12.0. The van der Waals surface area contributed by atoms with Crippen LogP contribution in [0.4, 0.5) is 0 Å². The van der Waals surface area contributed by atoms with Crippen LogP contribution in [0.15, 0.2) is 0 Å². The predicted octanol–water partition coefficient (Wildman–Crippen LogP) is 7.89. The van der Waals surface area contributed by atoms with E-state index >= 15 is 0 Å². The van der Waals surface area contributed by atoms with Gasteiger partial charge in [0.2, 0.25) is 0 Å². The first-order valence-corrected chi connectivity index (χ1v) is 10.9. The van der Waals surface area contributed by atoms with Crippen molar-refractivity contribution >= 4 is 15.9 Å². The highest BCUT2D eigenvalue weighted by molar-refractivity contribution is 9.09. The van der Waals surface area contributed by atoms with Crippen LogP contribution in [-0.2, 0) is 0 Å². The van der Waals surface area contributed by atoms with E-state index in [1.807, 2.05) is 0 Å². The molecular weight excluding hydrogens is 320 g/mol. The average molecular weight is 359 g/mol. The Morgan fingerprint density at radius 2 is 1.38 bits per heavy atom. The first kappa shape index (κ1) is 19.5. The van der Waals surface area contributed by atoms with Gasteiger partial charge in [-0.3, -0.25) is 0 Å². The van der Waals surface area contributed by atoms with E-state index in [0.29, 0.717) is 5.41 Å². The Morgan fingerprint density at radius 1 is 0.810 bits per heavy atom. The van der Waals surface area contributed by atoms with Crippen LogP contribution in [0.5, 0.6) is 0 Å². The van der Waals surface area contributed by atoms with Gasteiger partial charge in [-0.05, 0) is 43.4 Å². The van der Waals surface area contributed by atoms with Crippen molar-refractivity contribution in [3.63, 3.8) is 0 Å². The lowest BCUT2D eigenvalue weighted by atomic mass is 9.68. The summed E-state index contributed by atoms with van der Waals surface area (Å²) in [7, 11) is 0. The van der Waals surface area contributed by atoms with E-state index in [-0.39, 0.29) is 0 Å². The topological polar surface area (TPSA) is 0 Å². The molecule has 21 heavy (non-hydrogen) atoms. The summed E-state index contributed by atoms with van der Waals surface area (Å²) in [6.45, 7) is 4.63. The maximum Gasteiger partial charge on any atom is 0.00879 e. The van der Waals surface area contributed by atoms with E-state index in [1.165, 1.54) is 102 Å². The molecule has 0 saturated heterocycles. The Kier molecular flexibility index (Phi) is 11.1. The largest absolute Gasteiger partial charge is 0.0922 e. The molecule has 126 valence electrons. The summed E-state index contributed by atoms with van der Waals surface area (Å²) in [6.07, 6.45) is 21.9. The molecule has 0 nitrogen and oxygen atoms in total. The van der Waals surface area contributed by atoms with Crippen molar-refractivity contribution in [2.45, 2.75) is 110 Å². The molecule has 1 saturated carbocycles. The molecule has 1 heteroatoms. The van der Waals surface area contributed by atoms with Gasteiger partial charge >= 0.3 is 0 Å². The average Bonchev–Trinajstić information content (AvgIpc) is 2.53. The molecule has 0 radical (unpaired) electrons. The molecule has 0 N–H and O–H groups in total. The summed E-state index contributed by atoms with van der Waals surface area (Å²) < 4.78 is 0. The van der Waals surface area contributed by atoms with Crippen LogP contribution in [0, 0.1) is 11.3 Å². The molecule has 0 atom stereocenters. The second-order valence-electron chi connectivity index (χ2n) is 7.59. The van der Waals surface area contributed by atoms with E-state index in [2.05, 4.69) is 29.8 Å². The molecule has 0 bridgehead atoms. The molecule has 1 aliphatic carbocycles. The number of hydrogen-bond donors (Lipinski definition) is 0. The first-order chi connectivity index (χ1) is 10.3. The van der Waals surface area contributed by atoms with Crippen LogP contribution < -0.4 is 0 Å². The van der Waals surface area contributed by atoms with Gasteiger partial charge in [0.1, 0.15) is 0 Å². The third kappa shape index (κ3) is 8.05. The van der Waals surface area contributed by atoms with Crippen molar-refractivity contribution in [2.75, 3.05) is 5.33 Å². The number of unbranched alkanes of at least 4 members (excludes halogenated alkanes) is 7. The van der Waals surface area contributed by atoms with Crippen molar-refractivity contribution in [1.29, 1.82) is 0 Å². The predicted molar refractivity (Wildman–Crippen MR) is 100 cm³/mol. The molecule has 0 aromatic rings. The SMILES string of the molecule is CCCCCCCCCC1(CBr)CCC(CCCC)CC1. The van der Waals surface area contributed by atoms with Gasteiger partial charge in [0, 0.05) is 5.33 Å². The molecule has 1 aliphatic rings. The Balaban J connectivity index is 2.13. The normalized spacial score (nSPS) is 26.1. The van der Waals surface area contributed by atoms with E-state index in [9.17, 15) is 0 Å². The standard InChI is InChI=1S/C20H39Br/c1-3-5-7-8-9-10-11-15-20(18-21)16-13-19(14-17-20)12-6-4-2/h19H,3-18H2,1-2H3. The van der Waals surface area contributed by atoms with Gasteiger partial charge < -0.3 is 0 Å². The molecule has 1 fully saturated rings. The Bertz CT molecular complexity index is 228. The molecular formula is C20H39Br. The highest BCUT2D eigenvalue weighted by Gasteiger charge is 2.33. The fourth-order valence-corrected chi connectivity index (χ4v) is 4.82. The lowest BCUT2D eigenvalue weighted by Gasteiger charge is -2.39. The number of hydrogen-bond acceptors (Lipinski definition) is 0. The van der Waals surface area contributed by atoms with Gasteiger partial charge in [0.25, 0.3) is 0 Å². The molecule has 1 rings (SSSR count). The highest BCUT2D eigenvalue weighted by Crippen LogP contribution is 2.45. The number of alkyl halides is 1. The summed E-state index contributed by atoms with van der Waals surface area (Å²) in [6, 6.07) is 0. The third-order valence-electron chi connectivity index (χ3n) is 5.73. The van der Waals surface area contributed by atoms with Crippen LogP contribution in [0.1, 0.15) is 110 Å². The van der Waals surface area contributed by atoms with Crippen LogP contribution in [0.2, 0.25) is 0 Å². The molecule has 0 unspecified atom stereocenters. The van der Waals surface area contributed by atoms with E-state index in [4.69, 9.17) is 0 Å². The van der Waals surface area contributed by atoms with Crippen molar-refractivity contribution in [3.05, 3.63) is 0 Å². The van der Waals surface area contributed by atoms with Gasteiger partial charge in [0.05, 0.1) is 0 Å². The van der Waals surface area contributed by atoms with Gasteiger partial charge in [-0.15, -0.1) is 0 Å². The Morgan fingerprint density at radius 3 is 1.95 bits per heavy atom. The fourth-order valence-electron chi connectivity index (χ4n) is 3.98. The number of rotatable bonds is 12. The highest BCUT2D eigenvalue weighted by atomic mass is 79.9. The Labute approximate surface area is 143 Å². The molecule has 0 aliphatic heterocycles. The minimum atomic E-state index is 0.659. The van der Waals surface area contributed by atoms with Crippen LogP contribution in [-0.4, -0.2) is 5.33 Å². The zero-order chi connectivity index (χ0) is 15.4.